The lowest BCUT2D eigenvalue weighted by atomic mass is 10.1. The van der Waals surface area contributed by atoms with Gasteiger partial charge in [0, 0.05) is 5.69 Å². The second-order valence-electron chi connectivity index (χ2n) is 4.88. The van der Waals surface area contributed by atoms with Gasteiger partial charge < -0.3 is 14.8 Å². The number of rotatable bonds is 6. The van der Waals surface area contributed by atoms with E-state index < -0.39 is 5.97 Å². The van der Waals surface area contributed by atoms with E-state index in [0.717, 1.165) is 5.56 Å². The number of hydrogen-bond donors (Lipinski definition) is 1. The number of nitriles is 1. The predicted octanol–water partition coefficient (Wildman–Crippen LogP) is 2.56. The van der Waals surface area contributed by atoms with Crippen molar-refractivity contribution >= 4 is 17.6 Å². The molecule has 0 radical (unpaired) electrons. The molecule has 2 aromatic carbocycles. The van der Waals surface area contributed by atoms with E-state index in [0.29, 0.717) is 23.4 Å². The van der Waals surface area contributed by atoms with E-state index in [2.05, 4.69) is 16.1 Å². The van der Waals surface area contributed by atoms with Crippen LogP contribution in [-0.2, 0) is 16.0 Å². The van der Waals surface area contributed by atoms with E-state index in [4.69, 9.17) is 10.00 Å². The Hall–Kier alpha value is -3.33. The van der Waals surface area contributed by atoms with Crippen molar-refractivity contribution in [3.63, 3.8) is 0 Å². The average Bonchev–Trinajstić information content (AvgIpc) is 2.61. The lowest BCUT2D eigenvalue weighted by Crippen LogP contribution is -2.20. The SMILES string of the molecule is COC(=O)c1ccc(OCC(=O)Nc2ccc(CC#N)cc2)cc1. The molecule has 24 heavy (non-hydrogen) atoms. The maximum absolute atomic E-state index is 11.9. The average molecular weight is 324 g/mol. The van der Waals surface area contributed by atoms with E-state index in [1.54, 1.807) is 48.5 Å². The number of amides is 1. The van der Waals surface area contributed by atoms with Crippen LogP contribution in [0.2, 0.25) is 0 Å². The normalized spacial score (nSPS) is 9.67. The third kappa shape index (κ3) is 4.85. The van der Waals surface area contributed by atoms with Crippen molar-refractivity contribution in [1.29, 1.82) is 5.26 Å². The number of ether oxygens (including phenoxy) is 2. The number of anilines is 1. The second-order valence-corrected chi connectivity index (χ2v) is 4.88. The molecule has 6 heteroatoms. The van der Waals surface area contributed by atoms with Gasteiger partial charge in [-0.1, -0.05) is 12.1 Å². The summed E-state index contributed by atoms with van der Waals surface area (Å²) in [5.74, 6) is -0.263. The van der Waals surface area contributed by atoms with Crippen LogP contribution in [0, 0.1) is 11.3 Å². The Kier molecular flexibility index (Phi) is 5.92. The number of carbonyl (C=O) groups is 2. The first-order valence-corrected chi connectivity index (χ1v) is 7.19. The minimum absolute atomic E-state index is 0.155. The van der Waals surface area contributed by atoms with Crippen molar-refractivity contribution < 1.29 is 19.1 Å². The third-order valence-corrected chi connectivity index (χ3v) is 3.17. The summed E-state index contributed by atoms with van der Waals surface area (Å²) < 4.78 is 9.97. The first-order valence-electron chi connectivity index (χ1n) is 7.19. The Morgan fingerprint density at radius 3 is 2.33 bits per heavy atom. The smallest absolute Gasteiger partial charge is 0.337 e. The van der Waals surface area contributed by atoms with Gasteiger partial charge in [0.15, 0.2) is 6.61 Å². The molecule has 0 aliphatic rings. The fourth-order valence-electron chi connectivity index (χ4n) is 1.95. The van der Waals surface area contributed by atoms with E-state index in [1.807, 2.05) is 0 Å². The van der Waals surface area contributed by atoms with Gasteiger partial charge >= 0.3 is 5.97 Å². The molecule has 0 spiro atoms. The fourth-order valence-corrected chi connectivity index (χ4v) is 1.95. The summed E-state index contributed by atoms with van der Waals surface area (Å²) in [6.45, 7) is -0.155. The van der Waals surface area contributed by atoms with Crippen molar-refractivity contribution in [2.75, 3.05) is 19.0 Å². The molecule has 0 heterocycles. The lowest BCUT2D eigenvalue weighted by Gasteiger charge is -2.08. The van der Waals surface area contributed by atoms with Crippen molar-refractivity contribution in [1.82, 2.24) is 0 Å². The number of nitrogens with zero attached hydrogens (tertiary/aromatic N) is 1. The molecule has 0 aromatic heterocycles. The molecule has 122 valence electrons. The molecule has 1 N–H and O–H groups in total. The van der Waals surface area contributed by atoms with Crippen molar-refractivity contribution in [2.24, 2.45) is 0 Å². The molecule has 0 aliphatic carbocycles. The van der Waals surface area contributed by atoms with Crippen LogP contribution in [0.3, 0.4) is 0 Å². The topological polar surface area (TPSA) is 88.4 Å². The summed E-state index contributed by atoms with van der Waals surface area (Å²) in [6.07, 6.45) is 0.332. The monoisotopic (exact) mass is 324 g/mol. The highest BCUT2D eigenvalue weighted by Gasteiger charge is 2.07. The fraction of sp³-hybridized carbons (Fsp3) is 0.167. The van der Waals surface area contributed by atoms with Gasteiger partial charge in [0.25, 0.3) is 5.91 Å². The number of methoxy groups -OCH3 is 1. The minimum Gasteiger partial charge on any atom is -0.484 e. The van der Waals surface area contributed by atoms with Gasteiger partial charge in [-0.2, -0.15) is 5.26 Å². The highest BCUT2D eigenvalue weighted by atomic mass is 16.5. The molecule has 0 saturated carbocycles. The van der Waals surface area contributed by atoms with Gasteiger partial charge in [0.05, 0.1) is 25.2 Å². The predicted molar refractivity (Wildman–Crippen MR) is 87.7 cm³/mol. The molecule has 0 bridgehead atoms. The highest BCUT2D eigenvalue weighted by molar-refractivity contribution is 5.92. The Morgan fingerprint density at radius 1 is 1.08 bits per heavy atom. The summed E-state index contributed by atoms with van der Waals surface area (Å²) in [4.78, 5) is 23.2. The molecule has 6 nitrogen and oxygen atoms in total. The summed E-state index contributed by atoms with van der Waals surface area (Å²) in [5.41, 5.74) is 1.93. The quantitative estimate of drug-likeness (QED) is 0.825. The van der Waals surface area contributed by atoms with E-state index >= 15 is 0 Å². The Balaban J connectivity index is 1.84. The first-order chi connectivity index (χ1) is 11.6. The third-order valence-electron chi connectivity index (χ3n) is 3.17. The highest BCUT2D eigenvalue weighted by Crippen LogP contribution is 2.13. The van der Waals surface area contributed by atoms with Crippen LogP contribution in [0.4, 0.5) is 5.69 Å². The van der Waals surface area contributed by atoms with Crippen LogP contribution in [-0.4, -0.2) is 25.6 Å². The van der Waals surface area contributed by atoms with Crippen LogP contribution < -0.4 is 10.1 Å². The molecule has 2 aromatic rings. The van der Waals surface area contributed by atoms with Gasteiger partial charge in [0.2, 0.25) is 0 Å². The zero-order valence-corrected chi connectivity index (χ0v) is 13.1. The Labute approximate surface area is 139 Å². The first kappa shape index (κ1) is 17.0. The summed E-state index contributed by atoms with van der Waals surface area (Å²) >= 11 is 0. The zero-order valence-electron chi connectivity index (χ0n) is 13.1. The second kappa shape index (κ2) is 8.34. The van der Waals surface area contributed by atoms with E-state index in [1.165, 1.54) is 7.11 Å². The number of nitrogens with one attached hydrogen (secondary N) is 1. The molecule has 1 amide bonds. The van der Waals surface area contributed by atoms with Gasteiger partial charge in [0.1, 0.15) is 5.75 Å². The van der Waals surface area contributed by atoms with Crippen LogP contribution in [0.5, 0.6) is 5.75 Å². The van der Waals surface area contributed by atoms with Crippen molar-refractivity contribution in [2.45, 2.75) is 6.42 Å². The van der Waals surface area contributed by atoms with Gasteiger partial charge in [-0.3, -0.25) is 4.79 Å². The minimum atomic E-state index is -0.431. The molecule has 0 unspecified atom stereocenters. The Bertz CT molecular complexity index is 746. The number of esters is 1. The van der Waals surface area contributed by atoms with Crippen LogP contribution in [0.1, 0.15) is 15.9 Å². The molecular weight excluding hydrogens is 308 g/mol. The van der Waals surface area contributed by atoms with E-state index in [9.17, 15) is 9.59 Å². The zero-order chi connectivity index (χ0) is 17.4. The maximum atomic E-state index is 11.9. The number of hydrogen-bond acceptors (Lipinski definition) is 5. The molecule has 0 aliphatic heterocycles. The lowest BCUT2D eigenvalue weighted by molar-refractivity contribution is -0.118. The molecule has 0 fully saturated rings. The van der Waals surface area contributed by atoms with Gasteiger partial charge in [-0.25, -0.2) is 4.79 Å². The largest absolute Gasteiger partial charge is 0.484 e. The standard InChI is InChI=1S/C18H16N2O4/c1-23-18(22)14-4-8-16(9-5-14)24-12-17(21)20-15-6-2-13(3-7-15)10-11-19/h2-9H,10,12H2,1H3,(H,20,21). The van der Waals surface area contributed by atoms with Crippen LogP contribution >= 0.6 is 0 Å². The summed E-state index contributed by atoms with van der Waals surface area (Å²) in [7, 11) is 1.31. The van der Waals surface area contributed by atoms with Gasteiger partial charge in [-0.15, -0.1) is 0 Å². The summed E-state index contributed by atoms with van der Waals surface area (Å²) in [6, 6.07) is 15.4. The number of benzene rings is 2. The van der Waals surface area contributed by atoms with E-state index in [-0.39, 0.29) is 12.5 Å². The van der Waals surface area contributed by atoms with Crippen molar-refractivity contribution in [3.05, 3.63) is 59.7 Å². The van der Waals surface area contributed by atoms with Crippen molar-refractivity contribution in [3.8, 4) is 11.8 Å². The molecular formula is C18H16N2O4. The number of carbonyl (C=O) groups excluding carboxylic acids is 2. The molecule has 2 rings (SSSR count). The summed E-state index contributed by atoms with van der Waals surface area (Å²) in [5, 5.41) is 11.3. The van der Waals surface area contributed by atoms with Crippen LogP contribution in [0.25, 0.3) is 0 Å². The maximum Gasteiger partial charge on any atom is 0.337 e. The molecule has 0 saturated heterocycles. The Morgan fingerprint density at radius 2 is 1.75 bits per heavy atom. The van der Waals surface area contributed by atoms with Crippen LogP contribution in [0.15, 0.2) is 48.5 Å². The molecule has 0 atom stereocenters. The van der Waals surface area contributed by atoms with Gasteiger partial charge in [-0.05, 0) is 42.0 Å².